The molecule has 0 bridgehead atoms. The number of piperidine rings is 1. The molecule has 0 unspecified atom stereocenters. The summed E-state index contributed by atoms with van der Waals surface area (Å²) in [6.45, 7) is 4.06. The van der Waals surface area contributed by atoms with Crippen LogP contribution in [0.5, 0.6) is 0 Å². The van der Waals surface area contributed by atoms with Crippen LogP contribution in [0.25, 0.3) is 11.1 Å². The van der Waals surface area contributed by atoms with Crippen LogP contribution in [0.15, 0.2) is 78.9 Å². The summed E-state index contributed by atoms with van der Waals surface area (Å²) < 4.78 is 5.75. The Labute approximate surface area is 232 Å². The van der Waals surface area contributed by atoms with Crippen molar-refractivity contribution in [1.82, 2.24) is 15.1 Å². The summed E-state index contributed by atoms with van der Waals surface area (Å²) in [6.07, 6.45) is 2.32. The number of likely N-dealkylation sites (tertiary alicyclic amines) is 1. The molecule has 206 valence electrons. The van der Waals surface area contributed by atoms with Crippen molar-refractivity contribution in [3.8, 4) is 11.1 Å². The van der Waals surface area contributed by atoms with Crippen molar-refractivity contribution in [2.45, 2.75) is 38.3 Å². The van der Waals surface area contributed by atoms with E-state index < -0.39 is 6.09 Å². The van der Waals surface area contributed by atoms with E-state index in [1.54, 1.807) is 0 Å². The van der Waals surface area contributed by atoms with Crippen molar-refractivity contribution in [2.24, 2.45) is 0 Å². The molecule has 2 N–H and O–H groups in total. The zero-order chi connectivity index (χ0) is 27.5. The number of aryl methyl sites for hydroxylation is 1. The molecule has 1 aliphatic rings. The molecule has 1 fully saturated rings. The van der Waals surface area contributed by atoms with Gasteiger partial charge in [-0.2, -0.15) is 0 Å². The van der Waals surface area contributed by atoms with Gasteiger partial charge in [0.15, 0.2) is 0 Å². The highest BCUT2D eigenvalue weighted by molar-refractivity contribution is 5.91. The van der Waals surface area contributed by atoms with Gasteiger partial charge in [0.2, 0.25) is 5.91 Å². The van der Waals surface area contributed by atoms with Gasteiger partial charge in [-0.1, -0.05) is 72.8 Å². The molecule has 1 saturated heterocycles. The first-order valence-corrected chi connectivity index (χ1v) is 13.8. The summed E-state index contributed by atoms with van der Waals surface area (Å²) in [7, 11) is 3.82. The van der Waals surface area contributed by atoms with Crippen LogP contribution in [0.1, 0.15) is 30.4 Å². The van der Waals surface area contributed by atoms with E-state index in [1.165, 1.54) is 11.1 Å². The summed E-state index contributed by atoms with van der Waals surface area (Å²) in [5.74, 6) is 0.167. The number of amides is 2. The molecule has 1 heterocycles. The van der Waals surface area contributed by atoms with Crippen LogP contribution in [0, 0.1) is 0 Å². The van der Waals surface area contributed by atoms with Crippen molar-refractivity contribution < 1.29 is 14.3 Å². The van der Waals surface area contributed by atoms with E-state index in [2.05, 4.69) is 39.8 Å². The van der Waals surface area contributed by atoms with Gasteiger partial charge in [-0.25, -0.2) is 4.79 Å². The number of rotatable bonds is 11. The van der Waals surface area contributed by atoms with E-state index in [0.29, 0.717) is 13.0 Å². The standard InChI is InChI=1S/C32H40N4O3/c1-33-24-26-14-12-25(13-15-26)16-17-31(37)35(2)22-23-36-20-18-28(19-21-36)39-32(38)34-30-11-7-6-10-29(30)27-8-4-3-5-9-27/h3-15,28,33H,16-24H2,1-2H3,(H,34,38). The second-order valence-corrected chi connectivity index (χ2v) is 10.1. The Morgan fingerprint density at radius 1 is 0.923 bits per heavy atom. The zero-order valence-electron chi connectivity index (χ0n) is 23.1. The van der Waals surface area contributed by atoms with Crippen molar-refractivity contribution in [3.63, 3.8) is 0 Å². The number of hydrogen-bond donors (Lipinski definition) is 2. The number of carbonyl (C=O) groups excluding carboxylic acids is 2. The van der Waals surface area contributed by atoms with Crippen LogP contribution in [0.4, 0.5) is 10.5 Å². The molecule has 39 heavy (non-hydrogen) atoms. The van der Waals surface area contributed by atoms with Gasteiger partial charge in [-0.3, -0.25) is 10.1 Å². The molecule has 4 rings (SSSR count). The molecule has 7 nitrogen and oxygen atoms in total. The summed E-state index contributed by atoms with van der Waals surface area (Å²) in [6, 6.07) is 26.2. The Morgan fingerprint density at radius 3 is 2.31 bits per heavy atom. The lowest BCUT2D eigenvalue weighted by Gasteiger charge is -2.32. The fourth-order valence-corrected chi connectivity index (χ4v) is 4.89. The fraction of sp³-hybridized carbons (Fsp3) is 0.375. The molecule has 3 aromatic carbocycles. The van der Waals surface area contributed by atoms with E-state index in [9.17, 15) is 9.59 Å². The fourth-order valence-electron chi connectivity index (χ4n) is 4.89. The molecule has 0 radical (unpaired) electrons. The minimum atomic E-state index is -0.418. The molecule has 0 aliphatic carbocycles. The zero-order valence-corrected chi connectivity index (χ0v) is 23.1. The average molecular weight is 529 g/mol. The minimum Gasteiger partial charge on any atom is -0.446 e. The second kappa shape index (κ2) is 14.5. The number of carbonyl (C=O) groups is 2. The van der Waals surface area contributed by atoms with Crippen LogP contribution in [-0.4, -0.2) is 68.2 Å². The Bertz CT molecular complexity index is 1190. The van der Waals surface area contributed by atoms with Crippen molar-refractivity contribution >= 4 is 17.7 Å². The lowest BCUT2D eigenvalue weighted by Crippen LogP contribution is -2.42. The predicted octanol–water partition coefficient (Wildman–Crippen LogP) is 5.18. The monoisotopic (exact) mass is 528 g/mol. The number of nitrogens with one attached hydrogen (secondary N) is 2. The normalized spacial score (nSPS) is 14.1. The largest absolute Gasteiger partial charge is 0.446 e. The van der Waals surface area contributed by atoms with Crippen LogP contribution < -0.4 is 10.6 Å². The summed E-state index contributed by atoms with van der Waals surface area (Å²) in [5, 5.41) is 6.08. The van der Waals surface area contributed by atoms with Crippen LogP contribution >= 0.6 is 0 Å². The maximum atomic E-state index is 12.7. The number of nitrogens with zero attached hydrogens (tertiary/aromatic N) is 2. The first-order valence-electron chi connectivity index (χ1n) is 13.8. The van der Waals surface area contributed by atoms with Gasteiger partial charge < -0.3 is 19.9 Å². The van der Waals surface area contributed by atoms with Crippen molar-refractivity contribution in [3.05, 3.63) is 90.0 Å². The lowest BCUT2D eigenvalue weighted by molar-refractivity contribution is -0.130. The topological polar surface area (TPSA) is 73.9 Å². The van der Waals surface area contributed by atoms with Gasteiger partial charge in [-0.05, 0) is 49.1 Å². The second-order valence-electron chi connectivity index (χ2n) is 10.1. The van der Waals surface area contributed by atoms with Gasteiger partial charge in [0, 0.05) is 51.8 Å². The number of anilines is 1. The predicted molar refractivity (Wildman–Crippen MR) is 157 cm³/mol. The third-order valence-electron chi connectivity index (χ3n) is 7.27. The summed E-state index contributed by atoms with van der Waals surface area (Å²) in [5.41, 5.74) is 5.18. The number of para-hydroxylation sites is 1. The molecule has 2 amide bonds. The van der Waals surface area contributed by atoms with Gasteiger partial charge >= 0.3 is 6.09 Å². The highest BCUT2D eigenvalue weighted by atomic mass is 16.6. The Balaban J connectivity index is 1.15. The minimum absolute atomic E-state index is 0.107. The van der Waals surface area contributed by atoms with Crippen LogP contribution in [-0.2, 0) is 22.5 Å². The highest BCUT2D eigenvalue weighted by Crippen LogP contribution is 2.28. The molecule has 1 aliphatic heterocycles. The van der Waals surface area contributed by atoms with Crippen molar-refractivity contribution in [2.75, 3.05) is 45.6 Å². The Kier molecular flexibility index (Phi) is 10.5. The van der Waals surface area contributed by atoms with Gasteiger partial charge in [0.05, 0.1) is 5.69 Å². The number of hydrogen-bond acceptors (Lipinski definition) is 5. The molecule has 7 heteroatoms. The average Bonchev–Trinajstić information content (AvgIpc) is 2.97. The van der Waals surface area contributed by atoms with Gasteiger partial charge in [-0.15, -0.1) is 0 Å². The van der Waals surface area contributed by atoms with Crippen molar-refractivity contribution in [1.29, 1.82) is 0 Å². The molecule has 0 saturated carbocycles. The number of likely N-dealkylation sites (N-methyl/N-ethyl adjacent to an activating group) is 1. The third kappa shape index (κ3) is 8.67. The molecular weight excluding hydrogens is 488 g/mol. The first-order chi connectivity index (χ1) is 19.0. The Morgan fingerprint density at radius 2 is 1.59 bits per heavy atom. The molecule has 0 spiro atoms. The smallest absolute Gasteiger partial charge is 0.411 e. The SMILES string of the molecule is CNCc1ccc(CCC(=O)N(C)CCN2CCC(OC(=O)Nc3ccccc3-c3ccccc3)CC2)cc1. The summed E-state index contributed by atoms with van der Waals surface area (Å²) in [4.78, 5) is 29.5. The molecular formula is C32H40N4O3. The van der Waals surface area contributed by atoms with E-state index in [0.717, 1.165) is 62.3 Å². The maximum Gasteiger partial charge on any atom is 0.411 e. The molecule has 0 aromatic heterocycles. The van der Waals surface area contributed by atoms with E-state index in [1.807, 2.05) is 73.6 Å². The highest BCUT2D eigenvalue weighted by Gasteiger charge is 2.23. The third-order valence-corrected chi connectivity index (χ3v) is 7.27. The first kappa shape index (κ1) is 28.3. The van der Waals surface area contributed by atoms with E-state index in [-0.39, 0.29) is 12.0 Å². The number of ether oxygens (including phenoxy) is 1. The van der Waals surface area contributed by atoms with Gasteiger partial charge in [0.25, 0.3) is 0 Å². The maximum absolute atomic E-state index is 12.7. The lowest BCUT2D eigenvalue weighted by atomic mass is 10.0. The van der Waals surface area contributed by atoms with E-state index in [4.69, 9.17) is 4.74 Å². The molecule has 3 aromatic rings. The molecule has 0 atom stereocenters. The van der Waals surface area contributed by atoms with E-state index >= 15 is 0 Å². The summed E-state index contributed by atoms with van der Waals surface area (Å²) >= 11 is 0. The van der Waals surface area contributed by atoms with Crippen LogP contribution in [0.2, 0.25) is 0 Å². The van der Waals surface area contributed by atoms with Gasteiger partial charge in [0.1, 0.15) is 6.10 Å². The van der Waals surface area contributed by atoms with Crippen LogP contribution in [0.3, 0.4) is 0 Å². The Hall–Kier alpha value is -3.68. The quantitative estimate of drug-likeness (QED) is 0.359. The number of benzene rings is 3.